The monoisotopic (exact) mass is 494 g/mol. The third-order valence-corrected chi connectivity index (χ3v) is 8.13. The summed E-state index contributed by atoms with van der Waals surface area (Å²) in [5.74, 6) is 1.14. The molecule has 1 saturated heterocycles. The van der Waals surface area contributed by atoms with Crippen molar-refractivity contribution in [2.75, 3.05) is 0 Å². The molecular weight excluding hydrogens is 471 g/mol. The Kier molecular flexibility index (Phi) is 4.51. The van der Waals surface area contributed by atoms with E-state index in [1.54, 1.807) is 0 Å². The van der Waals surface area contributed by atoms with E-state index >= 15 is 0 Å². The number of rotatable bonds is 3. The molecule has 0 spiro atoms. The van der Waals surface area contributed by atoms with E-state index < -0.39 is 18.3 Å². The van der Waals surface area contributed by atoms with Gasteiger partial charge in [-0.1, -0.05) is 54.1 Å². The van der Waals surface area contributed by atoms with Gasteiger partial charge >= 0.3 is 7.12 Å². The molecule has 0 amide bonds. The number of halogens is 1. The van der Waals surface area contributed by atoms with E-state index in [2.05, 4.69) is 36.4 Å². The van der Waals surface area contributed by atoms with Crippen LogP contribution in [-0.4, -0.2) is 18.3 Å². The zero-order valence-corrected chi connectivity index (χ0v) is 21.3. The summed E-state index contributed by atoms with van der Waals surface area (Å²) in [4.78, 5) is 0. The van der Waals surface area contributed by atoms with Crippen LogP contribution in [0.4, 0.5) is 0 Å². The minimum absolute atomic E-state index is 0.434. The molecule has 0 N–H and O–H groups in total. The fourth-order valence-electron chi connectivity index (χ4n) is 5.22. The lowest BCUT2D eigenvalue weighted by atomic mass is 9.79. The maximum atomic E-state index is 6.59. The van der Waals surface area contributed by atoms with Crippen molar-refractivity contribution in [3.8, 4) is 11.5 Å². The molecule has 0 aliphatic carbocycles. The first kappa shape index (κ1) is 22.0. The van der Waals surface area contributed by atoms with Crippen LogP contribution in [0, 0.1) is 0 Å². The number of hydrogen-bond donors (Lipinski definition) is 0. The molecule has 6 heteroatoms. The SMILES string of the molecule is CC1(C)OB(c2ccc(Cl)c(Oc3ccc4c5ccccc5c5cccc6oc3c4c65)c2)OC1(C)C. The summed E-state index contributed by atoms with van der Waals surface area (Å²) < 4.78 is 25.3. The van der Waals surface area contributed by atoms with Gasteiger partial charge in [-0.2, -0.15) is 0 Å². The van der Waals surface area contributed by atoms with Gasteiger partial charge in [-0.25, -0.2) is 0 Å². The predicted octanol–water partition coefficient (Wildman–Crippen LogP) is 8.08. The third kappa shape index (κ3) is 3.03. The summed E-state index contributed by atoms with van der Waals surface area (Å²) in [5, 5.41) is 7.40. The number of benzene rings is 5. The quantitative estimate of drug-likeness (QED) is 0.184. The van der Waals surface area contributed by atoms with Gasteiger partial charge in [0.2, 0.25) is 0 Å². The highest BCUT2D eigenvalue weighted by atomic mass is 35.5. The van der Waals surface area contributed by atoms with Gasteiger partial charge in [0.1, 0.15) is 11.3 Å². The van der Waals surface area contributed by atoms with Crippen LogP contribution in [0.1, 0.15) is 27.7 Å². The standard InChI is InChI=1S/C30H24BClO4/c1-29(2)30(3,4)36-31(35-29)17-12-14-22(32)25(16-17)33-24-15-13-21-19-9-6-5-8-18(19)20-10-7-11-23-26(20)27(21)28(24)34-23/h5-16H,1-4H3. The van der Waals surface area contributed by atoms with Crippen LogP contribution in [0.15, 0.2) is 77.2 Å². The van der Waals surface area contributed by atoms with Crippen molar-refractivity contribution in [1.29, 1.82) is 0 Å². The van der Waals surface area contributed by atoms with Crippen molar-refractivity contribution in [3.05, 3.63) is 77.8 Å². The predicted molar refractivity (Wildman–Crippen MR) is 147 cm³/mol. The van der Waals surface area contributed by atoms with Gasteiger partial charge in [0, 0.05) is 10.8 Å². The second-order valence-electron chi connectivity index (χ2n) is 10.5. The van der Waals surface area contributed by atoms with Crippen LogP contribution >= 0.6 is 11.6 Å². The van der Waals surface area contributed by atoms with Gasteiger partial charge < -0.3 is 18.5 Å². The minimum Gasteiger partial charge on any atom is -0.452 e. The van der Waals surface area contributed by atoms with Crippen LogP contribution in [0.3, 0.4) is 0 Å². The van der Waals surface area contributed by atoms with Crippen LogP contribution in [0.25, 0.3) is 43.5 Å². The summed E-state index contributed by atoms with van der Waals surface area (Å²) in [5.41, 5.74) is 1.53. The topological polar surface area (TPSA) is 40.8 Å². The zero-order valence-electron chi connectivity index (χ0n) is 20.5. The van der Waals surface area contributed by atoms with Crippen LogP contribution in [-0.2, 0) is 9.31 Å². The second-order valence-corrected chi connectivity index (χ2v) is 10.9. The molecule has 0 saturated carbocycles. The van der Waals surface area contributed by atoms with Gasteiger partial charge in [-0.3, -0.25) is 0 Å². The smallest absolute Gasteiger partial charge is 0.452 e. The molecule has 6 aromatic rings. The first-order chi connectivity index (χ1) is 17.2. The molecule has 1 fully saturated rings. The Morgan fingerprint density at radius 1 is 0.694 bits per heavy atom. The first-order valence-electron chi connectivity index (χ1n) is 12.1. The first-order valence-corrected chi connectivity index (χ1v) is 12.5. The van der Waals surface area contributed by atoms with Crippen LogP contribution in [0.2, 0.25) is 5.02 Å². The van der Waals surface area contributed by atoms with E-state index in [1.807, 2.05) is 64.1 Å². The average molecular weight is 495 g/mol. The summed E-state index contributed by atoms with van der Waals surface area (Å²) in [7, 11) is -0.507. The van der Waals surface area contributed by atoms with Gasteiger partial charge in [0.25, 0.3) is 0 Å². The highest BCUT2D eigenvalue weighted by Gasteiger charge is 2.51. The third-order valence-electron chi connectivity index (χ3n) is 7.82. The summed E-state index contributed by atoms with van der Waals surface area (Å²) in [6.45, 7) is 8.15. The summed E-state index contributed by atoms with van der Waals surface area (Å²) in [6.07, 6.45) is 0. The van der Waals surface area contributed by atoms with Crippen LogP contribution in [0.5, 0.6) is 11.5 Å². The Hall–Kier alpha value is -3.25. The number of furan rings is 1. The molecule has 178 valence electrons. The molecule has 0 bridgehead atoms. The highest BCUT2D eigenvalue weighted by molar-refractivity contribution is 6.62. The van der Waals surface area contributed by atoms with E-state index in [4.69, 9.17) is 30.1 Å². The zero-order chi connectivity index (χ0) is 24.8. The molecule has 5 aromatic carbocycles. The van der Waals surface area contributed by atoms with Gasteiger partial charge in [-0.15, -0.1) is 0 Å². The molecule has 36 heavy (non-hydrogen) atoms. The highest BCUT2D eigenvalue weighted by Crippen LogP contribution is 2.46. The van der Waals surface area contributed by atoms with Crippen molar-refractivity contribution in [2.45, 2.75) is 38.9 Å². The largest absolute Gasteiger partial charge is 0.494 e. The lowest BCUT2D eigenvalue weighted by Gasteiger charge is -2.32. The van der Waals surface area contributed by atoms with Crippen molar-refractivity contribution in [1.82, 2.24) is 0 Å². The molecule has 1 aliphatic heterocycles. The van der Waals surface area contributed by atoms with E-state index in [1.165, 1.54) is 16.2 Å². The molecule has 4 nitrogen and oxygen atoms in total. The molecule has 7 rings (SSSR count). The Bertz CT molecular complexity index is 1790. The van der Waals surface area contributed by atoms with Crippen molar-refractivity contribution < 1.29 is 18.5 Å². The summed E-state index contributed by atoms with van der Waals surface area (Å²) in [6, 6.07) is 24.3. The summed E-state index contributed by atoms with van der Waals surface area (Å²) >= 11 is 6.59. The molecule has 0 radical (unpaired) electrons. The number of ether oxygens (including phenoxy) is 1. The number of hydrogen-bond acceptors (Lipinski definition) is 4. The lowest BCUT2D eigenvalue weighted by Crippen LogP contribution is -2.41. The van der Waals surface area contributed by atoms with Gasteiger partial charge in [0.05, 0.1) is 16.2 Å². The Balaban J connectivity index is 1.37. The fraction of sp³-hybridized carbons (Fsp3) is 0.200. The van der Waals surface area contributed by atoms with E-state index in [0.717, 1.165) is 27.2 Å². The Morgan fingerprint density at radius 3 is 2.08 bits per heavy atom. The lowest BCUT2D eigenvalue weighted by molar-refractivity contribution is 0.00578. The van der Waals surface area contributed by atoms with Gasteiger partial charge in [-0.05, 0) is 85.0 Å². The molecule has 1 aliphatic rings. The fourth-order valence-corrected chi connectivity index (χ4v) is 5.38. The van der Waals surface area contributed by atoms with E-state index in [0.29, 0.717) is 22.1 Å². The maximum absolute atomic E-state index is 6.59. The molecule has 1 aromatic heterocycles. The van der Waals surface area contributed by atoms with E-state index in [-0.39, 0.29) is 0 Å². The maximum Gasteiger partial charge on any atom is 0.494 e. The second kappa shape index (κ2) is 7.39. The Morgan fingerprint density at radius 2 is 1.36 bits per heavy atom. The van der Waals surface area contributed by atoms with Gasteiger partial charge in [0.15, 0.2) is 11.3 Å². The van der Waals surface area contributed by atoms with Crippen molar-refractivity contribution in [2.24, 2.45) is 0 Å². The molecule has 2 heterocycles. The van der Waals surface area contributed by atoms with E-state index in [9.17, 15) is 0 Å². The Labute approximate surface area is 214 Å². The van der Waals surface area contributed by atoms with Crippen LogP contribution < -0.4 is 10.2 Å². The molecular formula is C30H24BClO4. The normalized spacial score (nSPS) is 17.2. The van der Waals surface area contributed by atoms with Crippen molar-refractivity contribution in [3.63, 3.8) is 0 Å². The molecule has 0 unspecified atom stereocenters. The number of fused-ring (bicyclic) bond motifs is 3. The average Bonchev–Trinajstić information content (AvgIpc) is 3.35. The van der Waals surface area contributed by atoms with Crippen molar-refractivity contribution >= 4 is 67.7 Å². The molecule has 0 atom stereocenters. The minimum atomic E-state index is -0.507.